The van der Waals surface area contributed by atoms with Crippen LogP contribution in [0.25, 0.3) is 0 Å². The molecular formula is C15H33N3. The molecule has 1 fully saturated rings. The molecule has 0 spiro atoms. The van der Waals surface area contributed by atoms with Gasteiger partial charge in [0.25, 0.3) is 0 Å². The summed E-state index contributed by atoms with van der Waals surface area (Å²) in [7, 11) is 0. The smallest absolute Gasteiger partial charge is 0.0113 e. The van der Waals surface area contributed by atoms with E-state index >= 15 is 0 Å². The molecule has 0 aliphatic carbocycles. The van der Waals surface area contributed by atoms with E-state index in [0.29, 0.717) is 12.1 Å². The average molecular weight is 255 g/mol. The van der Waals surface area contributed by atoms with Crippen LogP contribution in [0.2, 0.25) is 0 Å². The number of rotatable bonds is 7. The third-order valence-corrected chi connectivity index (χ3v) is 4.06. The average Bonchev–Trinajstić information content (AvgIpc) is 2.29. The largest absolute Gasteiger partial charge is 0.328 e. The Morgan fingerprint density at radius 2 is 1.56 bits per heavy atom. The van der Waals surface area contributed by atoms with Crippen LogP contribution in [0.4, 0.5) is 0 Å². The van der Waals surface area contributed by atoms with Crippen LogP contribution in [0.3, 0.4) is 0 Å². The molecule has 18 heavy (non-hydrogen) atoms. The minimum Gasteiger partial charge on any atom is -0.328 e. The van der Waals surface area contributed by atoms with Crippen molar-refractivity contribution in [2.45, 2.75) is 59.0 Å². The fourth-order valence-corrected chi connectivity index (χ4v) is 2.78. The fraction of sp³-hybridized carbons (Fsp3) is 1.00. The number of nitrogens with zero attached hydrogens (tertiary/aromatic N) is 2. The van der Waals surface area contributed by atoms with Gasteiger partial charge >= 0.3 is 0 Å². The summed E-state index contributed by atoms with van der Waals surface area (Å²) < 4.78 is 0. The molecular weight excluding hydrogens is 222 g/mol. The quantitative estimate of drug-likeness (QED) is 0.757. The molecule has 0 radical (unpaired) electrons. The van der Waals surface area contributed by atoms with E-state index in [0.717, 1.165) is 5.92 Å². The van der Waals surface area contributed by atoms with E-state index in [1.165, 1.54) is 52.0 Å². The van der Waals surface area contributed by atoms with Crippen molar-refractivity contribution >= 4 is 0 Å². The topological polar surface area (TPSA) is 32.5 Å². The molecule has 3 heteroatoms. The van der Waals surface area contributed by atoms with Gasteiger partial charge in [-0.3, -0.25) is 4.90 Å². The van der Waals surface area contributed by atoms with Crippen LogP contribution in [-0.4, -0.2) is 54.6 Å². The van der Waals surface area contributed by atoms with Gasteiger partial charge in [0, 0.05) is 44.8 Å². The molecule has 108 valence electrons. The molecule has 2 N–H and O–H groups in total. The minimum absolute atomic E-state index is 0.367. The monoisotopic (exact) mass is 255 g/mol. The van der Waals surface area contributed by atoms with Gasteiger partial charge in [-0.05, 0) is 39.5 Å². The van der Waals surface area contributed by atoms with Crippen molar-refractivity contribution in [3.63, 3.8) is 0 Å². The van der Waals surface area contributed by atoms with E-state index in [2.05, 4.69) is 37.5 Å². The summed E-state index contributed by atoms with van der Waals surface area (Å²) >= 11 is 0. The van der Waals surface area contributed by atoms with Crippen LogP contribution >= 0.6 is 0 Å². The number of nitrogens with two attached hydrogens (primary N) is 1. The summed E-state index contributed by atoms with van der Waals surface area (Å²) in [4.78, 5) is 5.21. The first-order valence-corrected chi connectivity index (χ1v) is 7.71. The molecule has 1 aliphatic heterocycles. The van der Waals surface area contributed by atoms with Gasteiger partial charge in [-0.1, -0.05) is 13.3 Å². The molecule has 1 heterocycles. The molecule has 2 unspecified atom stereocenters. The van der Waals surface area contributed by atoms with Crippen LogP contribution < -0.4 is 5.73 Å². The molecule has 1 rings (SSSR count). The van der Waals surface area contributed by atoms with Crippen molar-refractivity contribution in [1.29, 1.82) is 0 Å². The van der Waals surface area contributed by atoms with Crippen LogP contribution in [0.1, 0.15) is 47.0 Å². The summed E-state index contributed by atoms with van der Waals surface area (Å²) in [6, 6.07) is 1.07. The Kier molecular flexibility index (Phi) is 7.20. The Balaban J connectivity index is 2.12. The van der Waals surface area contributed by atoms with Gasteiger partial charge < -0.3 is 10.6 Å². The summed E-state index contributed by atoms with van der Waals surface area (Å²) in [6.45, 7) is 15.3. The third-order valence-electron chi connectivity index (χ3n) is 4.06. The first-order valence-electron chi connectivity index (χ1n) is 7.71. The SMILES string of the molecule is CC(N)CCCC(C)CN1CCN(C(C)C)CC1. The first kappa shape index (κ1) is 15.9. The Morgan fingerprint density at radius 3 is 2.06 bits per heavy atom. The van der Waals surface area contributed by atoms with Crippen LogP contribution in [0, 0.1) is 5.92 Å². The van der Waals surface area contributed by atoms with E-state index in [1.54, 1.807) is 0 Å². The maximum atomic E-state index is 5.79. The zero-order valence-electron chi connectivity index (χ0n) is 12.9. The van der Waals surface area contributed by atoms with Gasteiger partial charge in [-0.2, -0.15) is 0 Å². The summed E-state index contributed by atoms with van der Waals surface area (Å²) in [5, 5.41) is 0. The molecule has 3 nitrogen and oxygen atoms in total. The maximum absolute atomic E-state index is 5.79. The first-order chi connectivity index (χ1) is 8.49. The molecule has 0 aromatic carbocycles. The second kappa shape index (κ2) is 8.13. The Morgan fingerprint density at radius 1 is 0.944 bits per heavy atom. The molecule has 0 amide bonds. The van der Waals surface area contributed by atoms with Crippen LogP contribution in [-0.2, 0) is 0 Å². The lowest BCUT2D eigenvalue weighted by Gasteiger charge is -2.38. The highest BCUT2D eigenvalue weighted by Crippen LogP contribution is 2.13. The number of hydrogen-bond donors (Lipinski definition) is 1. The zero-order chi connectivity index (χ0) is 13.5. The molecule has 0 aromatic rings. The second-order valence-corrected chi connectivity index (χ2v) is 6.44. The predicted molar refractivity (Wildman–Crippen MR) is 79.8 cm³/mol. The van der Waals surface area contributed by atoms with E-state index in [-0.39, 0.29) is 0 Å². The van der Waals surface area contributed by atoms with Crippen molar-refractivity contribution in [2.75, 3.05) is 32.7 Å². The van der Waals surface area contributed by atoms with E-state index in [4.69, 9.17) is 5.73 Å². The normalized spacial score (nSPS) is 22.3. The standard InChI is InChI=1S/C15H33N3/c1-13(2)18-10-8-17(9-11-18)12-14(3)6-5-7-15(4)16/h13-15H,5-12,16H2,1-4H3. The molecule has 0 saturated carbocycles. The Bertz CT molecular complexity index is 208. The Labute approximate surface area is 114 Å². The lowest BCUT2D eigenvalue weighted by Crippen LogP contribution is -2.49. The zero-order valence-corrected chi connectivity index (χ0v) is 12.9. The molecule has 2 atom stereocenters. The summed E-state index contributed by atoms with van der Waals surface area (Å²) in [6.07, 6.45) is 3.78. The molecule has 0 bridgehead atoms. The van der Waals surface area contributed by atoms with Crippen molar-refractivity contribution in [1.82, 2.24) is 9.80 Å². The van der Waals surface area contributed by atoms with Crippen molar-refractivity contribution in [3.8, 4) is 0 Å². The second-order valence-electron chi connectivity index (χ2n) is 6.44. The van der Waals surface area contributed by atoms with Gasteiger partial charge in [-0.15, -0.1) is 0 Å². The van der Waals surface area contributed by atoms with Gasteiger partial charge in [0.15, 0.2) is 0 Å². The molecule has 0 aromatic heterocycles. The lowest BCUT2D eigenvalue weighted by molar-refractivity contribution is 0.0973. The van der Waals surface area contributed by atoms with Crippen molar-refractivity contribution < 1.29 is 0 Å². The van der Waals surface area contributed by atoms with Crippen LogP contribution in [0.15, 0.2) is 0 Å². The van der Waals surface area contributed by atoms with Crippen molar-refractivity contribution in [3.05, 3.63) is 0 Å². The van der Waals surface area contributed by atoms with E-state index in [1.807, 2.05) is 0 Å². The fourth-order valence-electron chi connectivity index (χ4n) is 2.78. The van der Waals surface area contributed by atoms with Gasteiger partial charge in [0.05, 0.1) is 0 Å². The maximum Gasteiger partial charge on any atom is 0.0113 e. The van der Waals surface area contributed by atoms with Gasteiger partial charge in [0.1, 0.15) is 0 Å². The highest BCUT2D eigenvalue weighted by molar-refractivity contribution is 4.75. The molecule has 1 saturated heterocycles. The summed E-state index contributed by atoms with van der Waals surface area (Å²) in [5.41, 5.74) is 5.79. The highest BCUT2D eigenvalue weighted by Gasteiger charge is 2.19. The predicted octanol–water partition coefficient (Wildman–Crippen LogP) is 2.17. The van der Waals surface area contributed by atoms with Crippen LogP contribution in [0.5, 0.6) is 0 Å². The van der Waals surface area contributed by atoms with E-state index < -0.39 is 0 Å². The van der Waals surface area contributed by atoms with Gasteiger partial charge in [0.2, 0.25) is 0 Å². The number of piperazine rings is 1. The third kappa shape index (κ3) is 6.17. The Hall–Kier alpha value is -0.120. The van der Waals surface area contributed by atoms with Gasteiger partial charge in [-0.25, -0.2) is 0 Å². The number of hydrogen-bond acceptors (Lipinski definition) is 3. The van der Waals surface area contributed by atoms with Crippen molar-refractivity contribution in [2.24, 2.45) is 11.7 Å². The van der Waals surface area contributed by atoms with E-state index in [9.17, 15) is 0 Å². The minimum atomic E-state index is 0.367. The lowest BCUT2D eigenvalue weighted by atomic mass is 10.0. The summed E-state index contributed by atoms with van der Waals surface area (Å²) in [5.74, 6) is 0.814. The molecule has 1 aliphatic rings. The highest BCUT2D eigenvalue weighted by atomic mass is 15.3.